The van der Waals surface area contributed by atoms with Gasteiger partial charge in [0, 0.05) is 48.9 Å². The number of nitro groups is 1. The van der Waals surface area contributed by atoms with Crippen LogP contribution in [0.2, 0.25) is 0 Å². The van der Waals surface area contributed by atoms with Gasteiger partial charge < -0.3 is 4.90 Å². The first-order valence-corrected chi connectivity index (χ1v) is 11.0. The van der Waals surface area contributed by atoms with E-state index in [9.17, 15) is 23.3 Å². The van der Waals surface area contributed by atoms with E-state index in [-0.39, 0.29) is 42.7 Å². The van der Waals surface area contributed by atoms with Gasteiger partial charge in [-0.05, 0) is 29.8 Å². The number of carbonyl (C=O) groups is 1. The monoisotopic (exact) mass is 479 g/mol. The first-order valence-electron chi connectivity index (χ1n) is 8.74. The van der Waals surface area contributed by atoms with Crippen molar-refractivity contribution in [2.24, 2.45) is 0 Å². The molecule has 0 spiro atoms. The Kier molecular flexibility index (Phi) is 6.46. The molecule has 8 nitrogen and oxygen atoms in total. The van der Waals surface area contributed by atoms with Crippen LogP contribution in [0.3, 0.4) is 0 Å². The molecule has 152 valence electrons. The van der Waals surface area contributed by atoms with Crippen LogP contribution in [-0.4, -0.2) is 54.6 Å². The first kappa shape index (κ1) is 21.2. The van der Waals surface area contributed by atoms with Gasteiger partial charge in [0.15, 0.2) is 0 Å². The molecule has 1 amide bonds. The Morgan fingerprint density at radius 3 is 2.34 bits per heavy atom. The van der Waals surface area contributed by atoms with Crippen molar-refractivity contribution < 1.29 is 18.1 Å². The van der Waals surface area contributed by atoms with Gasteiger partial charge in [0.05, 0.1) is 9.82 Å². The number of rotatable bonds is 5. The van der Waals surface area contributed by atoms with Crippen molar-refractivity contribution in [1.82, 2.24) is 9.21 Å². The predicted octanol–water partition coefficient (Wildman–Crippen LogP) is 2.90. The summed E-state index contributed by atoms with van der Waals surface area (Å²) in [7, 11) is -3.86. The maximum absolute atomic E-state index is 12.8. The number of benzene rings is 2. The molecule has 2 aromatic rings. The fourth-order valence-corrected chi connectivity index (χ4v) is 4.63. The van der Waals surface area contributed by atoms with Gasteiger partial charge >= 0.3 is 0 Å². The normalized spacial score (nSPS) is 15.6. The molecule has 0 atom stereocenters. The number of hydrogen-bond donors (Lipinski definition) is 0. The van der Waals surface area contributed by atoms with Crippen LogP contribution in [-0.2, 0) is 14.8 Å². The minimum atomic E-state index is -3.86. The minimum absolute atomic E-state index is 0.124. The third-order valence-electron chi connectivity index (χ3n) is 4.50. The smallest absolute Gasteiger partial charge is 0.270 e. The van der Waals surface area contributed by atoms with Gasteiger partial charge in [-0.25, -0.2) is 8.42 Å². The van der Waals surface area contributed by atoms with Crippen molar-refractivity contribution in [1.29, 1.82) is 0 Å². The molecule has 29 heavy (non-hydrogen) atoms. The van der Waals surface area contributed by atoms with Crippen molar-refractivity contribution in [3.63, 3.8) is 0 Å². The average Bonchev–Trinajstić information content (AvgIpc) is 2.73. The molecule has 0 bridgehead atoms. The molecule has 0 N–H and O–H groups in total. The maximum atomic E-state index is 12.8. The maximum Gasteiger partial charge on any atom is 0.270 e. The molecular weight excluding hydrogens is 462 g/mol. The molecule has 0 unspecified atom stereocenters. The fraction of sp³-hybridized carbons (Fsp3) is 0.211. The van der Waals surface area contributed by atoms with Gasteiger partial charge in [-0.1, -0.05) is 34.1 Å². The number of non-ortho nitro benzene ring substituents is 1. The molecule has 1 fully saturated rings. The number of halogens is 1. The number of nitro benzene ring substituents is 1. The largest absolute Gasteiger partial charge is 0.337 e. The highest BCUT2D eigenvalue weighted by molar-refractivity contribution is 9.10. The van der Waals surface area contributed by atoms with Crippen LogP contribution in [0.1, 0.15) is 5.56 Å². The van der Waals surface area contributed by atoms with Crippen molar-refractivity contribution in [2.45, 2.75) is 4.90 Å². The van der Waals surface area contributed by atoms with Crippen molar-refractivity contribution >= 4 is 43.6 Å². The summed E-state index contributed by atoms with van der Waals surface area (Å²) in [5, 5.41) is 10.9. The lowest BCUT2D eigenvalue weighted by Gasteiger charge is -2.33. The van der Waals surface area contributed by atoms with Gasteiger partial charge in [0.1, 0.15) is 0 Å². The van der Waals surface area contributed by atoms with Crippen LogP contribution in [0.15, 0.2) is 64.0 Å². The molecule has 10 heteroatoms. The van der Waals surface area contributed by atoms with E-state index in [2.05, 4.69) is 15.9 Å². The van der Waals surface area contributed by atoms with Crippen molar-refractivity contribution in [2.75, 3.05) is 26.2 Å². The highest BCUT2D eigenvalue weighted by Crippen LogP contribution is 2.22. The zero-order valence-corrected chi connectivity index (χ0v) is 17.7. The van der Waals surface area contributed by atoms with Crippen LogP contribution in [0.4, 0.5) is 5.69 Å². The standard InChI is InChI=1S/C19H18BrN3O5S/c20-16-7-4-15(5-8-16)6-9-19(24)21-10-12-22(13-11-21)29(27,28)18-3-1-2-17(14-18)23(25)26/h1-9,14H,10-13H2/b9-6+. The van der Waals surface area contributed by atoms with Crippen molar-refractivity contribution in [3.8, 4) is 0 Å². The molecule has 2 aromatic carbocycles. The number of piperazine rings is 1. The van der Waals surface area contributed by atoms with E-state index in [0.717, 1.165) is 16.1 Å². The van der Waals surface area contributed by atoms with E-state index in [1.165, 1.54) is 28.6 Å². The molecule has 1 saturated heterocycles. The van der Waals surface area contributed by atoms with E-state index in [1.807, 2.05) is 24.3 Å². The van der Waals surface area contributed by atoms with Crippen LogP contribution in [0, 0.1) is 10.1 Å². The summed E-state index contributed by atoms with van der Waals surface area (Å²) in [6.45, 7) is 0.751. The van der Waals surface area contributed by atoms with Crippen LogP contribution in [0.25, 0.3) is 6.08 Å². The third-order valence-corrected chi connectivity index (χ3v) is 6.93. The van der Waals surface area contributed by atoms with Gasteiger partial charge in [-0.2, -0.15) is 4.31 Å². The average molecular weight is 480 g/mol. The number of sulfonamides is 1. The summed E-state index contributed by atoms with van der Waals surface area (Å²) in [6, 6.07) is 12.5. The molecule has 1 aliphatic rings. The van der Waals surface area contributed by atoms with Crippen molar-refractivity contribution in [3.05, 3.63) is 74.8 Å². The van der Waals surface area contributed by atoms with Gasteiger partial charge in [0.25, 0.3) is 5.69 Å². The SMILES string of the molecule is O=C(/C=C/c1ccc(Br)cc1)N1CCN(S(=O)(=O)c2cccc([N+](=O)[O-])c2)CC1. The second kappa shape index (κ2) is 8.85. The molecule has 0 aromatic heterocycles. The molecule has 3 rings (SSSR count). The third kappa shape index (κ3) is 5.08. The lowest BCUT2D eigenvalue weighted by molar-refractivity contribution is -0.385. The highest BCUT2D eigenvalue weighted by Gasteiger charge is 2.30. The van der Waals surface area contributed by atoms with E-state index >= 15 is 0 Å². The predicted molar refractivity (Wildman–Crippen MR) is 112 cm³/mol. The number of amides is 1. The Hall–Kier alpha value is -2.56. The summed E-state index contributed by atoms with van der Waals surface area (Å²) in [5.41, 5.74) is 0.603. The molecule has 1 heterocycles. The second-order valence-corrected chi connectivity index (χ2v) is 9.22. The molecular formula is C19H18BrN3O5S. The Balaban J connectivity index is 1.63. The Morgan fingerprint density at radius 2 is 1.72 bits per heavy atom. The lowest BCUT2D eigenvalue weighted by atomic mass is 10.2. The summed E-state index contributed by atoms with van der Waals surface area (Å²) < 4.78 is 27.7. The summed E-state index contributed by atoms with van der Waals surface area (Å²) in [4.78, 5) is 24.1. The summed E-state index contributed by atoms with van der Waals surface area (Å²) in [5.74, 6) is -0.194. The summed E-state index contributed by atoms with van der Waals surface area (Å²) >= 11 is 3.35. The van der Waals surface area contributed by atoms with Gasteiger partial charge in [-0.15, -0.1) is 0 Å². The van der Waals surface area contributed by atoms with E-state index < -0.39 is 14.9 Å². The number of carbonyl (C=O) groups excluding carboxylic acids is 1. The molecule has 0 radical (unpaired) electrons. The Morgan fingerprint density at radius 1 is 1.07 bits per heavy atom. The molecule has 0 saturated carbocycles. The Labute approximate surface area is 176 Å². The lowest BCUT2D eigenvalue weighted by Crippen LogP contribution is -2.50. The van der Waals surface area contributed by atoms with E-state index in [1.54, 1.807) is 11.0 Å². The van der Waals surface area contributed by atoms with E-state index in [0.29, 0.717) is 0 Å². The van der Waals surface area contributed by atoms with Crippen LogP contribution < -0.4 is 0 Å². The zero-order chi connectivity index (χ0) is 21.0. The van der Waals surface area contributed by atoms with Gasteiger partial charge in [-0.3, -0.25) is 14.9 Å². The molecule has 1 aliphatic heterocycles. The number of hydrogen-bond acceptors (Lipinski definition) is 5. The van der Waals surface area contributed by atoms with Crippen LogP contribution in [0.5, 0.6) is 0 Å². The highest BCUT2D eigenvalue weighted by atomic mass is 79.9. The molecule has 0 aliphatic carbocycles. The zero-order valence-electron chi connectivity index (χ0n) is 15.3. The van der Waals surface area contributed by atoms with Gasteiger partial charge in [0.2, 0.25) is 15.9 Å². The second-order valence-electron chi connectivity index (χ2n) is 6.37. The topological polar surface area (TPSA) is 101 Å². The Bertz CT molecular complexity index is 1050. The first-order chi connectivity index (χ1) is 13.8. The minimum Gasteiger partial charge on any atom is -0.337 e. The van der Waals surface area contributed by atoms with Crippen LogP contribution >= 0.6 is 15.9 Å². The quantitative estimate of drug-likeness (QED) is 0.372. The van der Waals surface area contributed by atoms with E-state index in [4.69, 9.17) is 0 Å². The fourth-order valence-electron chi connectivity index (χ4n) is 2.90. The number of nitrogens with zero attached hydrogens (tertiary/aromatic N) is 3. The summed E-state index contributed by atoms with van der Waals surface area (Å²) in [6.07, 6.45) is 3.18.